The summed E-state index contributed by atoms with van der Waals surface area (Å²) in [7, 11) is 0. The van der Waals surface area contributed by atoms with Gasteiger partial charge in [-0.05, 0) is 42.8 Å². The Morgan fingerprint density at radius 1 is 1.20 bits per heavy atom. The fourth-order valence-corrected chi connectivity index (χ4v) is 1.99. The second kappa shape index (κ2) is 4.70. The zero-order valence-electron chi connectivity index (χ0n) is 10.8. The van der Waals surface area contributed by atoms with Gasteiger partial charge in [-0.2, -0.15) is 4.98 Å². The Hall–Kier alpha value is -2.82. The lowest BCUT2D eigenvalue weighted by Crippen LogP contribution is -2.11. The molecular weight excluding hydrogens is 256 g/mol. The molecule has 0 saturated carbocycles. The molecule has 100 valence electrons. The number of phenols is 1. The molecular formula is C15H12N2O3. The van der Waals surface area contributed by atoms with Gasteiger partial charge in [-0.15, -0.1) is 0 Å². The summed E-state index contributed by atoms with van der Waals surface area (Å²) in [5.74, 6) is 0.216. The molecule has 0 bridgehead atoms. The molecule has 3 aromatic rings. The summed E-state index contributed by atoms with van der Waals surface area (Å²) in [5, 5.41) is 9.55. The van der Waals surface area contributed by atoms with Crippen LogP contribution in [0.1, 0.15) is 5.56 Å². The molecule has 2 aromatic heterocycles. The number of rotatable bonds is 2. The van der Waals surface area contributed by atoms with Gasteiger partial charge in [0.2, 0.25) is 0 Å². The highest BCUT2D eigenvalue weighted by atomic mass is 16.3. The summed E-state index contributed by atoms with van der Waals surface area (Å²) in [4.78, 5) is 18.3. The molecule has 2 heterocycles. The maximum Gasteiger partial charge on any atom is 0.345 e. The average Bonchev–Trinajstić information content (AvgIpc) is 2.95. The smallest absolute Gasteiger partial charge is 0.345 e. The van der Waals surface area contributed by atoms with Gasteiger partial charge >= 0.3 is 5.69 Å². The van der Waals surface area contributed by atoms with Crippen LogP contribution in [-0.2, 0) is 0 Å². The summed E-state index contributed by atoms with van der Waals surface area (Å²) >= 11 is 0. The highest BCUT2D eigenvalue weighted by Gasteiger charge is 2.08. The third-order valence-corrected chi connectivity index (χ3v) is 3.07. The third kappa shape index (κ3) is 2.21. The van der Waals surface area contributed by atoms with Crippen molar-refractivity contribution in [1.29, 1.82) is 0 Å². The summed E-state index contributed by atoms with van der Waals surface area (Å²) < 4.78 is 5.01. The Morgan fingerprint density at radius 3 is 2.75 bits per heavy atom. The molecule has 3 rings (SSSR count). The Labute approximate surface area is 114 Å². The van der Waals surface area contributed by atoms with Crippen molar-refractivity contribution in [2.24, 2.45) is 0 Å². The fourth-order valence-electron chi connectivity index (χ4n) is 1.99. The zero-order chi connectivity index (χ0) is 14.1. The number of furan rings is 1. The van der Waals surface area contributed by atoms with Crippen molar-refractivity contribution in [3.63, 3.8) is 0 Å². The van der Waals surface area contributed by atoms with Gasteiger partial charge in [0.15, 0.2) is 0 Å². The van der Waals surface area contributed by atoms with Crippen LogP contribution in [0.5, 0.6) is 5.75 Å². The van der Waals surface area contributed by atoms with Crippen molar-refractivity contribution in [2.75, 3.05) is 0 Å². The van der Waals surface area contributed by atoms with Gasteiger partial charge in [0, 0.05) is 11.1 Å². The molecule has 20 heavy (non-hydrogen) atoms. The van der Waals surface area contributed by atoms with Crippen LogP contribution in [0.3, 0.4) is 0 Å². The number of aromatic hydroxyl groups is 1. The van der Waals surface area contributed by atoms with Crippen LogP contribution in [0.15, 0.2) is 52.1 Å². The van der Waals surface area contributed by atoms with Gasteiger partial charge in [0.1, 0.15) is 5.75 Å². The van der Waals surface area contributed by atoms with E-state index < -0.39 is 5.69 Å². The Kier molecular flexibility index (Phi) is 2.87. The monoisotopic (exact) mass is 268 g/mol. The molecule has 2 N–H and O–H groups in total. The number of nitrogens with zero attached hydrogens (tertiary/aromatic N) is 1. The number of aromatic nitrogens is 2. The first-order valence-corrected chi connectivity index (χ1v) is 6.07. The van der Waals surface area contributed by atoms with Crippen LogP contribution in [-0.4, -0.2) is 15.1 Å². The van der Waals surface area contributed by atoms with E-state index in [1.165, 1.54) is 0 Å². The Morgan fingerprint density at radius 2 is 2.05 bits per heavy atom. The van der Waals surface area contributed by atoms with Crippen LogP contribution >= 0.6 is 0 Å². The lowest BCUT2D eigenvalue weighted by molar-refractivity contribution is 0.471. The van der Waals surface area contributed by atoms with Crippen molar-refractivity contribution in [2.45, 2.75) is 6.92 Å². The molecule has 5 heteroatoms. The molecule has 5 nitrogen and oxygen atoms in total. The number of phenolic OH excluding ortho intramolecular Hbond substituents is 1. The van der Waals surface area contributed by atoms with E-state index in [0.717, 1.165) is 16.7 Å². The van der Waals surface area contributed by atoms with Crippen molar-refractivity contribution in [3.05, 3.63) is 58.9 Å². The average molecular weight is 268 g/mol. The first kappa shape index (κ1) is 12.2. The third-order valence-electron chi connectivity index (χ3n) is 3.07. The lowest BCUT2D eigenvalue weighted by atomic mass is 10.1. The van der Waals surface area contributed by atoms with Gasteiger partial charge in [-0.1, -0.05) is 0 Å². The summed E-state index contributed by atoms with van der Waals surface area (Å²) in [6, 6.07) is 8.64. The van der Waals surface area contributed by atoms with E-state index in [0.29, 0.717) is 11.4 Å². The number of hydrogen-bond acceptors (Lipinski definition) is 4. The van der Waals surface area contributed by atoms with E-state index in [4.69, 9.17) is 4.42 Å². The van der Waals surface area contributed by atoms with E-state index in [9.17, 15) is 9.90 Å². The van der Waals surface area contributed by atoms with Crippen LogP contribution in [0.2, 0.25) is 0 Å². The molecule has 0 fully saturated rings. The molecule has 0 saturated heterocycles. The molecule has 0 radical (unpaired) electrons. The van der Waals surface area contributed by atoms with Crippen molar-refractivity contribution >= 4 is 0 Å². The molecule has 0 aliphatic heterocycles. The van der Waals surface area contributed by atoms with Crippen molar-refractivity contribution < 1.29 is 9.52 Å². The van der Waals surface area contributed by atoms with Crippen LogP contribution in [0.4, 0.5) is 0 Å². The van der Waals surface area contributed by atoms with Gasteiger partial charge < -0.3 is 14.5 Å². The molecule has 0 aliphatic carbocycles. The molecule has 0 unspecified atom stereocenters. The summed E-state index contributed by atoms with van der Waals surface area (Å²) in [6.45, 7) is 1.79. The molecule has 0 aliphatic rings. The molecule has 0 atom stereocenters. The predicted octanol–water partition coefficient (Wildman–Crippen LogP) is 2.71. The standard InChI is InChI=1S/C15H12N2O3/c1-9-6-10(2-3-14(9)18)12-7-13(17-15(19)16-12)11-4-5-20-8-11/h2-8,18H,1H3,(H,16,17,19). The van der Waals surface area contributed by atoms with Crippen LogP contribution in [0.25, 0.3) is 22.5 Å². The largest absolute Gasteiger partial charge is 0.508 e. The van der Waals surface area contributed by atoms with E-state index in [1.807, 2.05) is 0 Å². The normalized spacial score (nSPS) is 10.7. The molecule has 0 amide bonds. The fraction of sp³-hybridized carbons (Fsp3) is 0.0667. The van der Waals surface area contributed by atoms with Crippen molar-refractivity contribution in [3.8, 4) is 28.3 Å². The second-order valence-corrected chi connectivity index (χ2v) is 4.50. The second-order valence-electron chi connectivity index (χ2n) is 4.50. The number of hydrogen-bond donors (Lipinski definition) is 2. The van der Waals surface area contributed by atoms with E-state index in [1.54, 1.807) is 49.8 Å². The quantitative estimate of drug-likeness (QED) is 0.749. The van der Waals surface area contributed by atoms with E-state index >= 15 is 0 Å². The zero-order valence-corrected chi connectivity index (χ0v) is 10.8. The minimum Gasteiger partial charge on any atom is -0.508 e. The minimum absolute atomic E-state index is 0.216. The van der Waals surface area contributed by atoms with Crippen LogP contribution in [0, 0.1) is 6.92 Å². The van der Waals surface area contributed by atoms with Gasteiger partial charge in [0.25, 0.3) is 0 Å². The number of H-pyrrole nitrogens is 1. The van der Waals surface area contributed by atoms with Crippen molar-refractivity contribution in [1.82, 2.24) is 9.97 Å². The van der Waals surface area contributed by atoms with Gasteiger partial charge in [-0.3, -0.25) is 0 Å². The van der Waals surface area contributed by atoms with Gasteiger partial charge in [0.05, 0.1) is 23.9 Å². The maximum atomic E-state index is 11.7. The summed E-state index contributed by atoms with van der Waals surface area (Å²) in [5.41, 5.74) is 3.05. The minimum atomic E-state index is -0.426. The Balaban J connectivity index is 2.14. The van der Waals surface area contributed by atoms with E-state index in [-0.39, 0.29) is 5.75 Å². The number of nitrogens with one attached hydrogen (secondary N) is 1. The number of benzene rings is 1. The first-order chi connectivity index (χ1) is 9.63. The highest BCUT2D eigenvalue weighted by molar-refractivity contribution is 5.67. The Bertz CT molecular complexity index is 804. The maximum absolute atomic E-state index is 11.7. The topological polar surface area (TPSA) is 79.1 Å². The van der Waals surface area contributed by atoms with Crippen LogP contribution < -0.4 is 5.69 Å². The van der Waals surface area contributed by atoms with E-state index in [2.05, 4.69) is 9.97 Å². The molecule has 0 spiro atoms. The SMILES string of the molecule is Cc1cc(-c2cc(-c3ccoc3)[nH]c(=O)n2)ccc1O. The number of aryl methyl sites for hydroxylation is 1. The van der Waals surface area contributed by atoms with Gasteiger partial charge in [-0.25, -0.2) is 4.79 Å². The first-order valence-electron chi connectivity index (χ1n) is 6.07. The number of aromatic amines is 1. The molecule has 1 aromatic carbocycles. The summed E-state index contributed by atoms with van der Waals surface area (Å²) in [6.07, 6.45) is 3.09. The predicted molar refractivity (Wildman–Crippen MR) is 74.4 cm³/mol. The highest BCUT2D eigenvalue weighted by Crippen LogP contribution is 2.25. The lowest BCUT2D eigenvalue weighted by Gasteiger charge is -2.05.